The van der Waals surface area contributed by atoms with Crippen LogP contribution in [0.15, 0.2) is 50.7 Å². The Bertz CT molecular complexity index is 890. The third-order valence-electron chi connectivity index (χ3n) is 4.82. The van der Waals surface area contributed by atoms with Crippen LogP contribution in [-0.4, -0.2) is 30.4 Å². The summed E-state index contributed by atoms with van der Waals surface area (Å²) in [7, 11) is 0. The molecule has 1 fully saturated rings. The number of carbonyl (C=O) groups excluding carboxylic acids is 1. The van der Waals surface area contributed by atoms with Crippen LogP contribution in [0.2, 0.25) is 0 Å². The molecule has 0 aliphatic carbocycles. The highest BCUT2D eigenvalue weighted by atomic mass is 79.9. The molecule has 1 amide bonds. The van der Waals surface area contributed by atoms with Crippen molar-refractivity contribution >= 4 is 44.1 Å². The molecular weight excluding hydrogens is 412 g/mol. The monoisotopic (exact) mass is 432 g/mol. The van der Waals surface area contributed by atoms with Crippen LogP contribution in [0, 0.1) is 5.92 Å². The Morgan fingerprint density at radius 3 is 3.12 bits per heavy atom. The fourth-order valence-corrected chi connectivity index (χ4v) is 4.66. The lowest BCUT2D eigenvalue weighted by molar-refractivity contribution is 0.0905. The first kappa shape index (κ1) is 17.8. The van der Waals surface area contributed by atoms with Gasteiger partial charge in [0.15, 0.2) is 5.76 Å². The Morgan fingerprint density at radius 1 is 1.35 bits per heavy atom. The summed E-state index contributed by atoms with van der Waals surface area (Å²) in [5.74, 6) is 0.739. The van der Waals surface area contributed by atoms with Crippen LogP contribution >= 0.6 is 27.3 Å². The van der Waals surface area contributed by atoms with Gasteiger partial charge in [0.1, 0.15) is 5.58 Å². The Morgan fingerprint density at radius 2 is 2.27 bits per heavy atom. The van der Waals surface area contributed by atoms with Gasteiger partial charge >= 0.3 is 0 Å². The molecule has 0 spiro atoms. The van der Waals surface area contributed by atoms with Gasteiger partial charge in [-0.1, -0.05) is 22.0 Å². The van der Waals surface area contributed by atoms with Crippen molar-refractivity contribution in [3.05, 3.63) is 56.9 Å². The zero-order valence-electron chi connectivity index (χ0n) is 14.4. The number of halogens is 1. The Hall–Kier alpha value is -1.63. The minimum atomic E-state index is -0.132. The summed E-state index contributed by atoms with van der Waals surface area (Å²) in [5, 5.41) is 6.12. The minimum absolute atomic E-state index is 0.132. The quantitative estimate of drug-likeness (QED) is 0.623. The average Bonchev–Trinajstić information content (AvgIpc) is 3.29. The number of benzene rings is 1. The van der Waals surface area contributed by atoms with Crippen LogP contribution in [0.25, 0.3) is 11.0 Å². The molecule has 3 aromatic rings. The van der Waals surface area contributed by atoms with Crippen molar-refractivity contribution in [3.8, 4) is 0 Å². The lowest BCUT2D eigenvalue weighted by Gasteiger charge is -2.32. The van der Waals surface area contributed by atoms with E-state index in [0.29, 0.717) is 18.2 Å². The second-order valence-corrected chi connectivity index (χ2v) is 8.77. The molecule has 0 bridgehead atoms. The topological polar surface area (TPSA) is 45.5 Å². The number of amides is 1. The molecule has 3 heterocycles. The predicted octanol–water partition coefficient (Wildman–Crippen LogP) is 4.90. The standard InChI is InChI=1S/C20H21BrN2O2S/c21-16-5-6-18-15(9-16)10-19(25-18)20(24)22-11-14-3-1-7-23(12-14)13-17-4-2-8-26-17/h2,4-6,8-10,14H,1,3,7,11-13H2,(H,22,24). The highest BCUT2D eigenvalue weighted by molar-refractivity contribution is 9.10. The maximum atomic E-state index is 12.5. The zero-order chi connectivity index (χ0) is 17.9. The first-order valence-corrected chi connectivity index (χ1v) is 10.6. The van der Waals surface area contributed by atoms with Crippen molar-refractivity contribution in [3.63, 3.8) is 0 Å². The van der Waals surface area contributed by atoms with Gasteiger partial charge in [0.05, 0.1) is 0 Å². The van der Waals surface area contributed by atoms with E-state index in [4.69, 9.17) is 4.42 Å². The van der Waals surface area contributed by atoms with Gasteiger partial charge in [0.2, 0.25) is 0 Å². The van der Waals surface area contributed by atoms with E-state index >= 15 is 0 Å². The first-order chi connectivity index (χ1) is 12.7. The lowest BCUT2D eigenvalue weighted by atomic mass is 9.98. The molecule has 1 atom stereocenters. The summed E-state index contributed by atoms with van der Waals surface area (Å²) in [6.45, 7) is 3.88. The number of rotatable bonds is 5. The molecule has 136 valence electrons. The molecule has 6 heteroatoms. The van der Waals surface area contributed by atoms with Gasteiger partial charge in [-0.05, 0) is 61.0 Å². The fourth-order valence-electron chi connectivity index (χ4n) is 3.53. The maximum absolute atomic E-state index is 12.5. The molecule has 1 aliphatic rings. The molecule has 1 unspecified atom stereocenters. The number of likely N-dealkylation sites (tertiary alicyclic amines) is 1. The smallest absolute Gasteiger partial charge is 0.287 e. The lowest BCUT2D eigenvalue weighted by Crippen LogP contribution is -2.40. The number of hydrogen-bond acceptors (Lipinski definition) is 4. The summed E-state index contributed by atoms with van der Waals surface area (Å²) >= 11 is 5.25. The van der Waals surface area contributed by atoms with Crippen molar-refractivity contribution in [1.82, 2.24) is 10.2 Å². The summed E-state index contributed by atoms with van der Waals surface area (Å²) < 4.78 is 6.65. The highest BCUT2D eigenvalue weighted by Gasteiger charge is 2.21. The maximum Gasteiger partial charge on any atom is 0.287 e. The van der Waals surface area contributed by atoms with Crippen LogP contribution in [0.4, 0.5) is 0 Å². The molecule has 26 heavy (non-hydrogen) atoms. The van der Waals surface area contributed by atoms with Gasteiger partial charge in [-0.15, -0.1) is 11.3 Å². The Kier molecular flexibility index (Phi) is 5.43. The van der Waals surface area contributed by atoms with E-state index in [1.165, 1.54) is 11.3 Å². The zero-order valence-corrected chi connectivity index (χ0v) is 16.8. The molecule has 0 saturated carbocycles. The summed E-state index contributed by atoms with van der Waals surface area (Å²) in [6, 6.07) is 11.8. The van der Waals surface area contributed by atoms with Crippen molar-refractivity contribution in [2.75, 3.05) is 19.6 Å². The van der Waals surface area contributed by atoms with E-state index in [9.17, 15) is 4.79 Å². The highest BCUT2D eigenvalue weighted by Crippen LogP contribution is 2.24. The number of fused-ring (bicyclic) bond motifs is 1. The van der Waals surface area contributed by atoms with Gasteiger partial charge < -0.3 is 9.73 Å². The molecule has 1 aromatic carbocycles. The van der Waals surface area contributed by atoms with Gasteiger partial charge in [0, 0.05) is 34.4 Å². The largest absolute Gasteiger partial charge is 0.451 e. The number of nitrogens with zero attached hydrogens (tertiary/aromatic N) is 1. The van der Waals surface area contributed by atoms with Crippen molar-refractivity contribution in [2.24, 2.45) is 5.92 Å². The van der Waals surface area contributed by atoms with Crippen molar-refractivity contribution in [1.29, 1.82) is 0 Å². The average molecular weight is 433 g/mol. The second kappa shape index (κ2) is 7.94. The number of piperidine rings is 1. The number of thiophene rings is 1. The first-order valence-electron chi connectivity index (χ1n) is 8.89. The third kappa shape index (κ3) is 4.19. The number of carbonyl (C=O) groups is 1. The molecule has 1 aliphatic heterocycles. The minimum Gasteiger partial charge on any atom is -0.451 e. The molecule has 1 saturated heterocycles. The van der Waals surface area contributed by atoms with Crippen LogP contribution in [0.1, 0.15) is 28.3 Å². The molecule has 4 rings (SSSR count). The SMILES string of the molecule is O=C(NCC1CCCN(Cc2cccs2)C1)c1cc2cc(Br)ccc2o1. The number of nitrogens with one attached hydrogen (secondary N) is 1. The molecule has 0 radical (unpaired) electrons. The molecule has 2 aromatic heterocycles. The van der Waals surface area contributed by atoms with Gasteiger partial charge in [-0.2, -0.15) is 0 Å². The van der Waals surface area contributed by atoms with Crippen LogP contribution < -0.4 is 5.32 Å². The van der Waals surface area contributed by atoms with Crippen LogP contribution in [0.5, 0.6) is 0 Å². The molecular formula is C20H21BrN2O2S. The second-order valence-electron chi connectivity index (χ2n) is 6.83. The van der Waals surface area contributed by atoms with Gasteiger partial charge in [-0.3, -0.25) is 9.69 Å². The number of hydrogen-bond donors (Lipinski definition) is 1. The Balaban J connectivity index is 1.33. The van der Waals surface area contributed by atoms with Gasteiger partial charge in [0.25, 0.3) is 5.91 Å². The fraction of sp³-hybridized carbons (Fsp3) is 0.350. The Labute approximate surface area is 165 Å². The number of furan rings is 1. The summed E-state index contributed by atoms with van der Waals surface area (Å²) in [6.07, 6.45) is 2.35. The summed E-state index contributed by atoms with van der Waals surface area (Å²) in [5.41, 5.74) is 0.734. The van der Waals surface area contributed by atoms with E-state index in [1.54, 1.807) is 6.07 Å². The van der Waals surface area contributed by atoms with Crippen molar-refractivity contribution in [2.45, 2.75) is 19.4 Å². The van der Waals surface area contributed by atoms with Crippen molar-refractivity contribution < 1.29 is 9.21 Å². The van der Waals surface area contributed by atoms with E-state index in [0.717, 1.165) is 41.5 Å². The predicted molar refractivity (Wildman–Crippen MR) is 109 cm³/mol. The molecule has 4 nitrogen and oxygen atoms in total. The van der Waals surface area contributed by atoms with Gasteiger partial charge in [-0.25, -0.2) is 0 Å². The van der Waals surface area contributed by atoms with Crippen LogP contribution in [0.3, 0.4) is 0 Å². The molecule has 1 N–H and O–H groups in total. The van der Waals surface area contributed by atoms with E-state index in [1.807, 2.05) is 29.5 Å². The normalized spacial score (nSPS) is 18.3. The van der Waals surface area contributed by atoms with E-state index < -0.39 is 0 Å². The third-order valence-corrected chi connectivity index (χ3v) is 6.17. The van der Waals surface area contributed by atoms with E-state index in [-0.39, 0.29) is 5.91 Å². The summed E-state index contributed by atoms with van der Waals surface area (Å²) in [4.78, 5) is 16.3. The van der Waals surface area contributed by atoms with Crippen LogP contribution in [-0.2, 0) is 6.54 Å². The van der Waals surface area contributed by atoms with E-state index in [2.05, 4.69) is 43.7 Å².